The van der Waals surface area contributed by atoms with E-state index in [1.165, 1.54) is 12.1 Å². The first-order valence-corrected chi connectivity index (χ1v) is 14.2. The summed E-state index contributed by atoms with van der Waals surface area (Å²) in [6, 6.07) is 22.9. The summed E-state index contributed by atoms with van der Waals surface area (Å²) in [5.74, 6) is 1.78. The molecule has 0 bridgehead atoms. The highest BCUT2D eigenvalue weighted by molar-refractivity contribution is 6.03. The minimum Gasteiger partial charge on any atom is -0.493 e. The van der Waals surface area contributed by atoms with Gasteiger partial charge in [-0.25, -0.2) is 9.37 Å². The van der Waals surface area contributed by atoms with E-state index in [0.29, 0.717) is 41.4 Å². The number of piperidine rings is 1. The Morgan fingerprint density at radius 3 is 2.56 bits per heavy atom. The van der Waals surface area contributed by atoms with Crippen molar-refractivity contribution in [3.8, 4) is 34.5 Å². The van der Waals surface area contributed by atoms with Gasteiger partial charge in [-0.1, -0.05) is 30.3 Å². The van der Waals surface area contributed by atoms with E-state index in [2.05, 4.69) is 15.6 Å². The number of benzene rings is 4. The third-order valence-corrected chi connectivity index (χ3v) is 7.50. The van der Waals surface area contributed by atoms with Gasteiger partial charge in [-0.05, 0) is 86.6 Å². The fourth-order valence-electron chi connectivity index (χ4n) is 5.15. The van der Waals surface area contributed by atoms with Crippen molar-refractivity contribution in [2.75, 3.05) is 32.1 Å². The molecule has 220 valence electrons. The molecule has 0 saturated carbocycles. The van der Waals surface area contributed by atoms with Gasteiger partial charge in [0.1, 0.15) is 11.5 Å². The molecule has 1 amide bonds. The van der Waals surface area contributed by atoms with Crippen molar-refractivity contribution >= 4 is 22.4 Å². The van der Waals surface area contributed by atoms with E-state index in [4.69, 9.17) is 18.6 Å². The molecule has 8 nitrogen and oxygen atoms in total. The van der Waals surface area contributed by atoms with Gasteiger partial charge in [0, 0.05) is 22.7 Å². The first-order valence-electron chi connectivity index (χ1n) is 14.2. The minimum atomic E-state index is -0.634. The van der Waals surface area contributed by atoms with Crippen molar-refractivity contribution < 1.29 is 27.8 Å². The van der Waals surface area contributed by atoms with Gasteiger partial charge >= 0.3 is 0 Å². The van der Waals surface area contributed by atoms with Gasteiger partial charge in [-0.15, -0.1) is 0 Å². The van der Waals surface area contributed by atoms with Crippen LogP contribution in [0.5, 0.6) is 23.0 Å². The molecule has 43 heavy (non-hydrogen) atoms. The number of halogens is 1. The molecule has 1 aliphatic heterocycles. The van der Waals surface area contributed by atoms with Crippen molar-refractivity contribution in [2.24, 2.45) is 5.92 Å². The van der Waals surface area contributed by atoms with Crippen LogP contribution in [0, 0.1) is 18.7 Å². The summed E-state index contributed by atoms with van der Waals surface area (Å²) < 4.78 is 38.7. The number of carbonyl (C=O) groups excluding carboxylic acids is 1. The lowest BCUT2D eigenvalue weighted by Crippen LogP contribution is -2.30. The normalized spacial score (nSPS) is 13.6. The van der Waals surface area contributed by atoms with E-state index in [0.717, 1.165) is 42.3 Å². The Balaban J connectivity index is 1.17. The number of oxazole rings is 1. The van der Waals surface area contributed by atoms with E-state index < -0.39 is 11.7 Å². The molecule has 4 aromatic carbocycles. The Morgan fingerprint density at radius 2 is 1.79 bits per heavy atom. The monoisotopic (exact) mass is 581 g/mol. The molecule has 9 heteroatoms. The van der Waals surface area contributed by atoms with Crippen molar-refractivity contribution in [2.45, 2.75) is 19.8 Å². The summed E-state index contributed by atoms with van der Waals surface area (Å²) in [5, 5.41) is 7.69. The number of nitrogens with zero attached hydrogens (tertiary/aromatic N) is 1. The molecular formula is C34H32FN3O5. The van der Waals surface area contributed by atoms with Crippen LogP contribution in [-0.2, 0) is 0 Å². The maximum Gasteiger partial charge on any atom is 0.277 e. The summed E-state index contributed by atoms with van der Waals surface area (Å²) in [6.45, 7) is 4.29. The van der Waals surface area contributed by atoms with E-state index in [-0.39, 0.29) is 17.1 Å². The van der Waals surface area contributed by atoms with E-state index in [9.17, 15) is 4.79 Å². The molecule has 1 aromatic heterocycles. The number of ether oxygens (including phenoxy) is 3. The largest absolute Gasteiger partial charge is 0.493 e. The minimum absolute atomic E-state index is 0.0136. The number of anilines is 1. The van der Waals surface area contributed by atoms with Crippen LogP contribution < -0.4 is 24.8 Å². The molecular weight excluding hydrogens is 549 g/mol. The highest BCUT2D eigenvalue weighted by atomic mass is 19.1. The molecule has 5 aromatic rings. The number of carbonyl (C=O) groups is 1. The number of rotatable bonds is 9. The summed E-state index contributed by atoms with van der Waals surface area (Å²) in [5.41, 5.74) is 1.14. The van der Waals surface area contributed by atoms with Crippen molar-refractivity contribution in [3.05, 3.63) is 96.1 Å². The molecule has 2 N–H and O–H groups in total. The van der Waals surface area contributed by atoms with Crippen molar-refractivity contribution in [3.63, 3.8) is 0 Å². The third kappa shape index (κ3) is 6.32. The first kappa shape index (κ1) is 28.2. The van der Waals surface area contributed by atoms with E-state index in [1.807, 2.05) is 54.6 Å². The molecule has 2 heterocycles. The van der Waals surface area contributed by atoms with E-state index in [1.54, 1.807) is 26.2 Å². The zero-order chi connectivity index (χ0) is 29.8. The second-order valence-corrected chi connectivity index (χ2v) is 10.5. The average molecular weight is 582 g/mol. The van der Waals surface area contributed by atoms with Gasteiger partial charge in [0.25, 0.3) is 5.91 Å². The molecule has 1 fully saturated rings. The van der Waals surface area contributed by atoms with Crippen LogP contribution in [0.2, 0.25) is 0 Å². The molecule has 0 spiro atoms. The maximum atomic E-state index is 15.2. The zero-order valence-corrected chi connectivity index (χ0v) is 24.0. The fourth-order valence-corrected chi connectivity index (χ4v) is 5.15. The zero-order valence-electron chi connectivity index (χ0n) is 24.0. The first-order chi connectivity index (χ1) is 21.0. The summed E-state index contributed by atoms with van der Waals surface area (Å²) >= 11 is 0. The molecule has 6 rings (SSSR count). The summed E-state index contributed by atoms with van der Waals surface area (Å²) in [6.07, 6.45) is 2.16. The maximum absolute atomic E-state index is 15.2. The number of amides is 1. The second kappa shape index (κ2) is 12.5. The molecule has 0 aliphatic carbocycles. The Morgan fingerprint density at radius 1 is 0.977 bits per heavy atom. The molecule has 1 saturated heterocycles. The van der Waals surface area contributed by atoms with Crippen LogP contribution in [0.1, 0.15) is 29.1 Å². The number of nitrogens with one attached hydrogen (secondary N) is 2. The number of fused-ring (bicyclic) bond motifs is 1. The highest BCUT2D eigenvalue weighted by Crippen LogP contribution is 2.39. The Kier molecular flexibility index (Phi) is 8.24. The van der Waals surface area contributed by atoms with Crippen molar-refractivity contribution in [1.29, 1.82) is 0 Å². The van der Waals surface area contributed by atoms with Crippen LogP contribution in [-0.4, -0.2) is 37.7 Å². The smallest absolute Gasteiger partial charge is 0.277 e. The Hall–Kier alpha value is -4.89. The third-order valence-electron chi connectivity index (χ3n) is 7.50. The van der Waals surface area contributed by atoms with E-state index >= 15 is 4.39 Å². The fraction of sp³-hybridized carbons (Fsp3) is 0.235. The van der Waals surface area contributed by atoms with Gasteiger partial charge in [-0.2, -0.15) is 0 Å². The van der Waals surface area contributed by atoms with Gasteiger partial charge in [-0.3, -0.25) is 4.79 Å². The number of hydrogen-bond donors (Lipinski definition) is 2. The second-order valence-electron chi connectivity index (χ2n) is 10.5. The quantitative estimate of drug-likeness (QED) is 0.188. The average Bonchev–Trinajstić information content (AvgIpc) is 3.43. The van der Waals surface area contributed by atoms with Crippen LogP contribution in [0.4, 0.5) is 10.1 Å². The van der Waals surface area contributed by atoms with Gasteiger partial charge in [0.15, 0.2) is 28.8 Å². The number of methoxy groups -OCH3 is 1. The lowest BCUT2D eigenvalue weighted by molar-refractivity contribution is 0.102. The highest BCUT2D eigenvalue weighted by Gasteiger charge is 2.20. The Bertz CT molecular complexity index is 1750. The number of aryl methyl sites for hydroxylation is 1. The Labute approximate surface area is 248 Å². The molecule has 1 aliphatic rings. The number of hydrogen-bond acceptors (Lipinski definition) is 7. The summed E-state index contributed by atoms with van der Waals surface area (Å²) in [7, 11) is 1.59. The predicted octanol–water partition coefficient (Wildman–Crippen LogP) is 7.37. The van der Waals surface area contributed by atoms with Gasteiger partial charge in [0.05, 0.1) is 13.7 Å². The lowest BCUT2D eigenvalue weighted by atomic mass is 9.99. The molecule has 0 atom stereocenters. The lowest BCUT2D eigenvalue weighted by Gasteiger charge is -2.23. The van der Waals surface area contributed by atoms with Crippen LogP contribution >= 0.6 is 0 Å². The molecule has 0 unspecified atom stereocenters. The predicted molar refractivity (Wildman–Crippen MR) is 163 cm³/mol. The standard InChI is InChI=1S/C34H32FN3O5/c1-21-32(38-34(42-21)23-7-4-3-5-8-23)33(39)37-25-11-12-29(27(35)18-25)43-28-10-6-9-24-17-31(30(40-2)19-26(24)28)41-20-22-13-15-36-16-14-22/h3-12,17-19,22,36H,13-16,20H2,1-2H3,(H,37,39). The van der Waals surface area contributed by atoms with Crippen LogP contribution in [0.3, 0.4) is 0 Å². The van der Waals surface area contributed by atoms with Crippen molar-refractivity contribution in [1.82, 2.24) is 10.3 Å². The SMILES string of the molecule is COc1cc2c(Oc3ccc(NC(=O)c4nc(-c5ccccc5)oc4C)cc3F)cccc2cc1OCC1CCNCC1. The van der Waals surface area contributed by atoms with Gasteiger partial charge in [0.2, 0.25) is 5.89 Å². The molecule has 0 radical (unpaired) electrons. The number of aromatic nitrogens is 1. The van der Waals surface area contributed by atoms with Crippen LogP contribution in [0.15, 0.2) is 83.3 Å². The van der Waals surface area contributed by atoms with Gasteiger partial charge < -0.3 is 29.3 Å². The van der Waals surface area contributed by atoms with Crippen LogP contribution in [0.25, 0.3) is 22.2 Å². The summed E-state index contributed by atoms with van der Waals surface area (Å²) in [4.78, 5) is 17.3. The topological polar surface area (TPSA) is 94.9 Å².